The van der Waals surface area contributed by atoms with Gasteiger partial charge < -0.3 is 16.2 Å². The average molecular weight is 476 g/mol. The number of nitrogens with zero attached hydrogens (tertiary/aromatic N) is 1. The molecule has 0 saturated heterocycles. The van der Waals surface area contributed by atoms with Crippen molar-refractivity contribution in [2.75, 3.05) is 5.32 Å². The van der Waals surface area contributed by atoms with Gasteiger partial charge in [-0.1, -0.05) is 19.9 Å². The average Bonchev–Trinajstić information content (AvgIpc) is 2.78. The van der Waals surface area contributed by atoms with Crippen LogP contribution in [0.15, 0.2) is 36.5 Å². The summed E-state index contributed by atoms with van der Waals surface area (Å²) in [6.07, 6.45) is 5.21. The number of halogens is 3. The molecule has 1 fully saturated rings. The lowest BCUT2D eigenvalue weighted by Crippen LogP contribution is -2.33. The van der Waals surface area contributed by atoms with E-state index in [1.54, 1.807) is 24.4 Å². The van der Waals surface area contributed by atoms with E-state index in [1.165, 1.54) is 0 Å². The van der Waals surface area contributed by atoms with Gasteiger partial charge in [-0.15, -0.1) is 12.4 Å². The van der Waals surface area contributed by atoms with Gasteiger partial charge in [-0.2, -0.15) is 0 Å². The van der Waals surface area contributed by atoms with Crippen LogP contribution in [0, 0.1) is 17.6 Å². The normalized spacial score (nSPS) is 18.2. The number of aromatic nitrogens is 1. The molecular weight excluding hydrogens is 448 g/mol. The molecule has 1 saturated carbocycles. The molecule has 176 valence electrons. The lowest BCUT2D eigenvalue weighted by atomic mass is 9.90. The predicted molar refractivity (Wildman–Crippen MR) is 129 cm³/mol. The maximum atomic E-state index is 13.9. The Labute approximate surface area is 197 Å². The highest BCUT2D eigenvalue weighted by atomic mass is 35.5. The highest BCUT2D eigenvalue weighted by Crippen LogP contribution is 2.35. The molecule has 3 aromatic rings. The van der Waals surface area contributed by atoms with E-state index in [2.05, 4.69) is 10.3 Å². The number of phenolic OH excluding ortho intramolecular Hbond substituents is 1. The maximum absolute atomic E-state index is 13.9. The SMILES string of the molecule is CC(C)C(=O)c1cnc2ccc(-c3cc(F)c(O)c(F)c3)cc2c1N[C@H]1CC[C@H](N)CC1.Cl. The molecule has 0 radical (unpaired) electrons. The monoisotopic (exact) mass is 475 g/mol. The smallest absolute Gasteiger partial charge is 0.187 e. The number of nitrogens with one attached hydrogen (secondary N) is 1. The fourth-order valence-electron chi connectivity index (χ4n) is 4.23. The van der Waals surface area contributed by atoms with Crippen LogP contribution in [0.25, 0.3) is 22.0 Å². The van der Waals surface area contributed by atoms with Crippen LogP contribution in [-0.4, -0.2) is 28.0 Å². The number of hydrogen-bond acceptors (Lipinski definition) is 5. The number of Topliss-reactive ketones (excluding diaryl/α,β-unsaturated/α-hetero) is 1. The Balaban J connectivity index is 0.00000306. The Morgan fingerprint density at radius 1 is 1.09 bits per heavy atom. The number of hydrogen-bond donors (Lipinski definition) is 3. The standard InChI is InChI=1S/C25H27F2N3O2.ClH/c1-13(2)24(31)19-12-29-22-8-3-14(15-10-20(26)25(32)21(27)11-15)9-18(22)23(19)30-17-6-4-16(28)5-7-17;/h3,8-13,16-17,32H,4-7,28H2,1-2H3,(H,29,30);1H/t16-,17-;. The molecule has 0 unspecified atom stereocenters. The lowest BCUT2D eigenvalue weighted by molar-refractivity contribution is 0.0940. The van der Waals surface area contributed by atoms with Gasteiger partial charge in [0.1, 0.15) is 0 Å². The highest BCUT2D eigenvalue weighted by Gasteiger charge is 2.24. The summed E-state index contributed by atoms with van der Waals surface area (Å²) in [4.78, 5) is 17.4. The summed E-state index contributed by atoms with van der Waals surface area (Å²) in [5, 5.41) is 13.7. The van der Waals surface area contributed by atoms with Crippen molar-refractivity contribution in [2.45, 2.75) is 51.6 Å². The summed E-state index contributed by atoms with van der Waals surface area (Å²) in [6, 6.07) is 7.81. The summed E-state index contributed by atoms with van der Waals surface area (Å²) in [7, 11) is 0. The van der Waals surface area contributed by atoms with Gasteiger partial charge in [-0.25, -0.2) is 8.78 Å². The summed E-state index contributed by atoms with van der Waals surface area (Å²) in [5.74, 6) is -3.30. The van der Waals surface area contributed by atoms with Gasteiger partial charge in [0.25, 0.3) is 0 Å². The molecule has 4 rings (SSSR count). The number of aromatic hydroxyl groups is 1. The first-order valence-electron chi connectivity index (χ1n) is 10.9. The number of benzene rings is 2. The minimum atomic E-state index is -1.03. The molecule has 1 aliphatic carbocycles. The summed E-state index contributed by atoms with van der Waals surface area (Å²) in [6.45, 7) is 3.68. The van der Waals surface area contributed by atoms with Crippen LogP contribution in [0.3, 0.4) is 0 Å². The van der Waals surface area contributed by atoms with Gasteiger partial charge in [0.15, 0.2) is 23.2 Å². The first-order chi connectivity index (χ1) is 15.2. The quantitative estimate of drug-likeness (QED) is 0.404. The Kier molecular flexibility index (Phi) is 7.55. The molecule has 33 heavy (non-hydrogen) atoms. The van der Waals surface area contributed by atoms with Crippen LogP contribution in [0.1, 0.15) is 49.9 Å². The predicted octanol–water partition coefficient (Wildman–Crippen LogP) is 5.83. The van der Waals surface area contributed by atoms with Crippen LogP contribution in [-0.2, 0) is 0 Å². The van der Waals surface area contributed by atoms with Gasteiger partial charge in [0.05, 0.1) is 16.8 Å². The third-order valence-electron chi connectivity index (χ3n) is 6.13. The van der Waals surface area contributed by atoms with Crippen molar-refractivity contribution in [2.24, 2.45) is 11.7 Å². The second kappa shape index (κ2) is 10.0. The number of ketones is 1. The zero-order valence-corrected chi connectivity index (χ0v) is 19.4. The third kappa shape index (κ3) is 5.09. The highest BCUT2D eigenvalue weighted by molar-refractivity contribution is 6.09. The van der Waals surface area contributed by atoms with Gasteiger partial charge in [-0.05, 0) is 61.1 Å². The number of rotatable bonds is 5. The molecular formula is C25H28ClF2N3O2. The fourth-order valence-corrected chi connectivity index (χ4v) is 4.23. The van der Waals surface area contributed by atoms with Crippen molar-refractivity contribution in [3.05, 3.63) is 53.7 Å². The molecule has 0 amide bonds. The minimum absolute atomic E-state index is 0. The lowest BCUT2D eigenvalue weighted by Gasteiger charge is -2.29. The van der Waals surface area contributed by atoms with Crippen molar-refractivity contribution < 1.29 is 18.7 Å². The summed E-state index contributed by atoms with van der Waals surface area (Å²) >= 11 is 0. The van der Waals surface area contributed by atoms with Crippen molar-refractivity contribution in [3.63, 3.8) is 0 Å². The molecule has 2 aromatic carbocycles. The van der Waals surface area contributed by atoms with E-state index in [0.717, 1.165) is 37.8 Å². The number of anilines is 1. The zero-order chi connectivity index (χ0) is 23.0. The Morgan fingerprint density at radius 3 is 2.33 bits per heavy atom. The Bertz CT molecular complexity index is 1150. The van der Waals surface area contributed by atoms with Crippen LogP contribution in [0.4, 0.5) is 14.5 Å². The molecule has 4 N–H and O–H groups in total. The number of carbonyl (C=O) groups excluding carboxylic acids is 1. The van der Waals surface area contributed by atoms with Crippen molar-refractivity contribution in [1.29, 1.82) is 0 Å². The number of nitrogens with two attached hydrogens (primary N) is 1. The van der Waals surface area contributed by atoms with Crippen LogP contribution in [0.5, 0.6) is 5.75 Å². The summed E-state index contributed by atoms with van der Waals surface area (Å²) in [5.41, 5.74) is 8.75. The first-order valence-corrected chi connectivity index (χ1v) is 10.9. The minimum Gasteiger partial charge on any atom is -0.503 e. The van der Waals surface area contributed by atoms with E-state index in [1.807, 2.05) is 13.8 Å². The van der Waals surface area contributed by atoms with Crippen LogP contribution >= 0.6 is 12.4 Å². The zero-order valence-electron chi connectivity index (χ0n) is 18.6. The van der Waals surface area contributed by atoms with E-state index in [4.69, 9.17) is 5.73 Å². The molecule has 1 aliphatic rings. The third-order valence-corrected chi connectivity index (χ3v) is 6.13. The van der Waals surface area contributed by atoms with E-state index in [9.17, 15) is 18.7 Å². The van der Waals surface area contributed by atoms with E-state index >= 15 is 0 Å². The first kappa shape index (κ1) is 24.9. The fraction of sp³-hybridized carbons (Fsp3) is 0.360. The maximum Gasteiger partial charge on any atom is 0.187 e. The molecule has 1 heterocycles. The molecule has 0 atom stereocenters. The number of carbonyl (C=O) groups is 1. The van der Waals surface area contributed by atoms with Crippen molar-refractivity contribution in [3.8, 4) is 16.9 Å². The second-order valence-electron chi connectivity index (χ2n) is 8.84. The van der Waals surface area contributed by atoms with Gasteiger partial charge in [0.2, 0.25) is 0 Å². The molecule has 5 nitrogen and oxygen atoms in total. The second-order valence-corrected chi connectivity index (χ2v) is 8.84. The van der Waals surface area contributed by atoms with Gasteiger partial charge in [0, 0.05) is 29.6 Å². The van der Waals surface area contributed by atoms with Gasteiger partial charge >= 0.3 is 0 Å². The largest absolute Gasteiger partial charge is 0.503 e. The van der Waals surface area contributed by atoms with Crippen molar-refractivity contribution in [1.82, 2.24) is 4.98 Å². The number of pyridine rings is 1. The Morgan fingerprint density at radius 2 is 1.73 bits per heavy atom. The topological polar surface area (TPSA) is 88.2 Å². The van der Waals surface area contributed by atoms with E-state index < -0.39 is 17.4 Å². The van der Waals surface area contributed by atoms with E-state index in [-0.39, 0.29) is 41.8 Å². The molecule has 0 aliphatic heterocycles. The molecule has 0 bridgehead atoms. The van der Waals surface area contributed by atoms with Crippen molar-refractivity contribution >= 4 is 34.8 Å². The Hall–Kier alpha value is -2.77. The van der Waals surface area contributed by atoms with Gasteiger partial charge in [-0.3, -0.25) is 9.78 Å². The molecule has 8 heteroatoms. The van der Waals surface area contributed by atoms with E-state index in [0.29, 0.717) is 27.7 Å². The molecule has 0 spiro atoms. The van der Waals surface area contributed by atoms with Crippen LogP contribution < -0.4 is 11.1 Å². The van der Waals surface area contributed by atoms with Crippen LogP contribution in [0.2, 0.25) is 0 Å². The number of phenols is 1. The molecule has 1 aromatic heterocycles. The number of fused-ring (bicyclic) bond motifs is 1. The summed E-state index contributed by atoms with van der Waals surface area (Å²) < 4.78 is 27.9.